The molecule has 0 bridgehead atoms. The van der Waals surface area contributed by atoms with Crippen LogP contribution in [-0.4, -0.2) is 25.0 Å². The molecule has 0 fully saturated rings. The van der Waals surface area contributed by atoms with E-state index in [-0.39, 0.29) is 11.1 Å². The minimum absolute atomic E-state index is 0.0628. The van der Waals surface area contributed by atoms with Gasteiger partial charge in [-0.25, -0.2) is 0 Å². The summed E-state index contributed by atoms with van der Waals surface area (Å²) in [7, 11) is 0. The smallest absolute Gasteiger partial charge is 0.266 e. The lowest BCUT2D eigenvalue weighted by Gasteiger charge is -2.14. The molecule has 4 rings (SSSR count). The monoisotopic (exact) mass is 650 g/mol. The first kappa shape index (κ1) is 33.4. The third-order valence-corrected chi connectivity index (χ3v) is 6.92. The van der Waals surface area contributed by atoms with Crippen molar-refractivity contribution >= 4 is 58.5 Å². The van der Waals surface area contributed by atoms with E-state index in [9.17, 15) is 20.1 Å². The van der Waals surface area contributed by atoms with Crippen molar-refractivity contribution in [1.29, 1.82) is 10.5 Å². The summed E-state index contributed by atoms with van der Waals surface area (Å²) in [6.45, 7) is 0.697. The van der Waals surface area contributed by atoms with Crippen molar-refractivity contribution in [2.24, 2.45) is 0 Å². The Kier molecular flexibility index (Phi) is 12.4. The van der Waals surface area contributed by atoms with Crippen molar-refractivity contribution in [1.82, 2.24) is 0 Å². The van der Waals surface area contributed by atoms with Gasteiger partial charge >= 0.3 is 0 Å². The van der Waals surface area contributed by atoms with Gasteiger partial charge in [-0.2, -0.15) is 10.5 Å². The number of nitrogens with zero attached hydrogens (tertiary/aromatic N) is 2. The fourth-order valence-corrected chi connectivity index (χ4v) is 4.34. The number of carbonyl (C=O) groups is 2. The van der Waals surface area contributed by atoms with Gasteiger partial charge in [0.2, 0.25) is 0 Å². The highest BCUT2D eigenvalue weighted by atomic mass is 35.5. The van der Waals surface area contributed by atoms with Crippen LogP contribution in [0.4, 0.5) is 11.4 Å². The van der Waals surface area contributed by atoms with Crippen LogP contribution in [0.25, 0.3) is 12.2 Å². The summed E-state index contributed by atoms with van der Waals surface area (Å²) >= 11 is 11.8. The average Bonchev–Trinajstić information content (AvgIpc) is 3.07. The number of para-hydroxylation sites is 4. The number of hydrogen-bond donors (Lipinski definition) is 2. The number of rotatable bonds is 13. The minimum Gasteiger partial charge on any atom is -0.491 e. The number of nitrogens with one attached hydrogen (secondary N) is 2. The maximum atomic E-state index is 12.8. The van der Waals surface area contributed by atoms with E-state index in [1.807, 2.05) is 12.1 Å². The molecule has 0 unspecified atom stereocenters. The number of ether oxygens (including phenoxy) is 2. The lowest BCUT2D eigenvalue weighted by atomic mass is 10.1. The Hall–Kier alpha value is -5.54. The molecule has 0 saturated heterocycles. The first-order chi connectivity index (χ1) is 22.4. The Morgan fingerprint density at radius 2 is 0.978 bits per heavy atom. The van der Waals surface area contributed by atoms with Crippen LogP contribution >= 0.6 is 23.2 Å². The third-order valence-electron chi connectivity index (χ3n) is 6.42. The minimum atomic E-state index is -0.560. The molecule has 230 valence electrons. The first-order valence-electron chi connectivity index (χ1n) is 14.2. The number of nitriles is 2. The van der Waals surface area contributed by atoms with Gasteiger partial charge in [-0.05, 0) is 84.7 Å². The number of halogens is 2. The maximum absolute atomic E-state index is 12.8. The van der Waals surface area contributed by atoms with E-state index in [0.29, 0.717) is 70.1 Å². The van der Waals surface area contributed by atoms with E-state index in [4.69, 9.17) is 32.7 Å². The lowest BCUT2D eigenvalue weighted by Crippen LogP contribution is -2.15. The number of unbranched alkanes of at least 4 members (excludes halogenated alkanes) is 1. The molecule has 2 N–H and O–H groups in total. The zero-order valence-corrected chi connectivity index (χ0v) is 26.0. The molecular formula is C36H28Cl2N4O4. The van der Waals surface area contributed by atoms with Crippen molar-refractivity contribution in [2.75, 3.05) is 23.8 Å². The summed E-state index contributed by atoms with van der Waals surface area (Å²) < 4.78 is 11.8. The fraction of sp³-hybridized carbons (Fsp3) is 0.111. The van der Waals surface area contributed by atoms with E-state index < -0.39 is 11.8 Å². The summed E-state index contributed by atoms with van der Waals surface area (Å²) in [6, 6.07) is 31.4. The van der Waals surface area contributed by atoms with Gasteiger partial charge in [-0.1, -0.05) is 71.7 Å². The molecule has 4 aromatic carbocycles. The van der Waals surface area contributed by atoms with Gasteiger partial charge in [0.1, 0.15) is 34.8 Å². The summed E-state index contributed by atoms with van der Waals surface area (Å²) in [5.41, 5.74) is 2.09. The molecule has 0 heterocycles. The van der Waals surface area contributed by atoms with Crippen molar-refractivity contribution in [2.45, 2.75) is 12.8 Å². The average molecular weight is 652 g/mol. The molecule has 4 aromatic rings. The molecule has 0 spiro atoms. The van der Waals surface area contributed by atoms with Crippen LogP contribution in [0.1, 0.15) is 24.0 Å². The molecule has 0 aliphatic heterocycles. The Morgan fingerprint density at radius 1 is 0.609 bits per heavy atom. The summed E-state index contributed by atoms with van der Waals surface area (Å²) in [6.07, 6.45) is 4.25. The number of benzene rings is 4. The van der Waals surface area contributed by atoms with Gasteiger partial charge in [0.15, 0.2) is 0 Å². The number of hydrogen-bond acceptors (Lipinski definition) is 6. The predicted molar refractivity (Wildman–Crippen MR) is 180 cm³/mol. The second kappa shape index (κ2) is 17.1. The van der Waals surface area contributed by atoms with Gasteiger partial charge in [0.25, 0.3) is 11.8 Å². The molecule has 46 heavy (non-hydrogen) atoms. The van der Waals surface area contributed by atoms with Crippen molar-refractivity contribution in [3.63, 3.8) is 0 Å². The topological polar surface area (TPSA) is 124 Å². The molecule has 8 nitrogen and oxygen atoms in total. The third kappa shape index (κ3) is 10.0. The highest BCUT2D eigenvalue weighted by molar-refractivity contribution is 6.30. The Morgan fingerprint density at radius 3 is 1.35 bits per heavy atom. The number of carbonyl (C=O) groups excluding carboxylic acids is 2. The Bertz CT molecular complexity index is 1690. The highest BCUT2D eigenvalue weighted by Gasteiger charge is 2.14. The quantitative estimate of drug-likeness (QED) is 0.0851. The van der Waals surface area contributed by atoms with E-state index in [1.165, 1.54) is 12.2 Å². The zero-order valence-electron chi connectivity index (χ0n) is 24.5. The van der Waals surface area contributed by atoms with Crippen LogP contribution < -0.4 is 20.1 Å². The lowest BCUT2D eigenvalue weighted by molar-refractivity contribution is -0.113. The molecule has 0 saturated carbocycles. The van der Waals surface area contributed by atoms with E-state index in [2.05, 4.69) is 10.6 Å². The molecule has 0 radical (unpaired) electrons. The Labute approximate surface area is 277 Å². The van der Waals surface area contributed by atoms with Crippen molar-refractivity contribution < 1.29 is 19.1 Å². The second-order valence-corrected chi connectivity index (χ2v) is 10.6. The van der Waals surface area contributed by atoms with Crippen LogP contribution in [0, 0.1) is 22.7 Å². The van der Waals surface area contributed by atoms with Crippen LogP contribution in [0.2, 0.25) is 10.0 Å². The molecule has 0 aromatic heterocycles. The van der Waals surface area contributed by atoms with Crippen molar-refractivity contribution in [3.05, 3.63) is 129 Å². The number of anilines is 2. The standard InChI is InChI=1S/C36H28Cl2N4O4/c37-29-15-11-25(12-16-29)21-27(23-39)35(43)41-31-7-1-3-9-33(31)45-19-5-6-20-46-34-10-4-2-8-32(34)42-36(44)28(24-40)22-26-13-17-30(38)18-14-26/h1-4,7-18,21-22H,5-6,19-20H2,(H,41,43)(H,42,44)/b27-21-,28-22+. The summed E-state index contributed by atoms with van der Waals surface area (Å²) in [5, 5.41) is 25.7. The first-order valence-corrected chi connectivity index (χ1v) is 14.9. The van der Waals surface area contributed by atoms with Crippen LogP contribution in [0.15, 0.2) is 108 Å². The molecular weight excluding hydrogens is 623 g/mol. The van der Waals surface area contributed by atoms with Gasteiger partial charge in [-0.15, -0.1) is 0 Å². The SMILES string of the molecule is N#C/C(=C/c1ccc(Cl)cc1)C(=O)Nc1ccccc1OCCCCOc1ccccc1NC(=O)/C(C#N)=C/c1ccc(Cl)cc1. The highest BCUT2D eigenvalue weighted by Crippen LogP contribution is 2.26. The van der Waals surface area contributed by atoms with Crippen LogP contribution in [0.3, 0.4) is 0 Å². The normalized spacial score (nSPS) is 11.1. The molecule has 0 atom stereocenters. The molecule has 0 aliphatic rings. The van der Waals surface area contributed by atoms with Gasteiger partial charge < -0.3 is 20.1 Å². The summed E-state index contributed by atoms with van der Waals surface area (Å²) in [5.74, 6) is -0.188. The van der Waals surface area contributed by atoms with E-state index >= 15 is 0 Å². The van der Waals surface area contributed by atoms with E-state index in [0.717, 1.165) is 0 Å². The maximum Gasteiger partial charge on any atom is 0.266 e. The Balaban J connectivity index is 1.27. The van der Waals surface area contributed by atoms with Gasteiger partial charge in [0, 0.05) is 10.0 Å². The number of amides is 2. The largest absolute Gasteiger partial charge is 0.491 e. The summed E-state index contributed by atoms with van der Waals surface area (Å²) in [4.78, 5) is 25.6. The zero-order chi connectivity index (χ0) is 32.7. The molecule has 2 amide bonds. The fourth-order valence-electron chi connectivity index (χ4n) is 4.09. The van der Waals surface area contributed by atoms with E-state index in [1.54, 1.807) is 97.1 Å². The van der Waals surface area contributed by atoms with Gasteiger partial charge in [-0.3, -0.25) is 9.59 Å². The van der Waals surface area contributed by atoms with Crippen LogP contribution in [-0.2, 0) is 9.59 Å². The van der Waals surface area contributed by atoms with Gasteiger partial charge in [0.05, 0.1) is 24.6 Å². The second-order valence-electron chi connectivity index (χ2n) is 9.75. The van der Waals surface area contributed by atoms with Crippen LogP contribution in [0.5, 0.6) is 11.5 Å². The molecule has 0 aliphatic carbocycles. The van der Waals surface area contributed by atoms with Crippen molar-refractivity contribution in [3.8, 4) is 23.6 Å². The predicted octanol–water partition coefficient (Wildman–Crippen LogP) is 8.32. The molecule has 10 heteroatoms.